The number of hydrogen-bond donors (Lipinski definition) is 0. The molecule has 1 aromatic heterocycles. The SMILES string of the molecule is COC(=O)c1nnn(C2CCN(C)C2=O)c1C(C)C. The second-order valence-electron chi connectivity index (χ2n) is 4.98. The van der Waals surface area contributed by atoms with Gasteiger partial charge in [0.1, 0.15) is 6.04 Å². The number of hydrogen-bond acceptors (Lipinski definition) is 5. The summed E-state index contributed by atoms with van der Waals surface area (Å²) in [6.45, 7) is 4.56. The lowest BCUT2D eigenvalue weighted by atomic mass is 10.1. The molecule has 1 aliphatic heterocycles. The summed E-state index contributed by atoms with van der Waals surface area (Å²) in [4.78, 5) is 25.4. The standard InChI is InChI=1S/C12H18N4O3/c1-7(2)10-9(12(18)19-4)13-14-16(10)8-5-6-15(3)11(8)17/h7-8H,5-6H2,1-4H3. The van der Waals surface area contributed by atoms with Crippen molar-refractivity contribution in [3.63, 3.8) is 0 Å². The van der Waals surface area contributed by atoms with Crippen LogP contribution in [0.4, 0.5) is 0 Å². The third-order valence-electron chi connectivity index (χ3n) is 3.35. The van der Waals surface area contributed by atoms with Gasteiger partial charge in [0.2, 0.25) is 5.91 Å². The summed E-state index contributed by atoms with van der Waals surface area (Å²) in [5.74, 6) is -0.486. The molecular weight excluding hydrogens is 248 g/mol. The van der Waals surface area contributed by atoms with Gasteiger partial charge in [-0.15, -0.1) is 5.10 Å². The summed E-state index contributed by atoms with van der Waals surface area (Å²) in [7, 11) is 3.06. The summed E-state index contributed by atoms with van der Waals surface area (Å²) in [5.41, 5.74) is 0.848. The van der Waals surface area contributed by atoms with Crippen molar-refractivity contribution in [3.05, 3.63) is 11.4 Å². The highest BCUT2D eigenvalue weighted by Crippen LogP contribution is 2.27. The third kappa shape index (κ3) is 2.20. The van der Waals surface area contributed by atoms with Crippen molar-refractivity contribution in [2.24, 2.45) is 0 Å². The van der Waals surface area contributed by atoms with Crippen LogP contribution in [-0.2, 0) is 9.53 Å². The number of carbonyl (C=O) groups excluding carboxylic acids is 2. The molecule has 2 heterocycles. The first-order chi connectivity index (χ1) is 8.97. The van der Waals surface area contributed by atoms with E-state index in [-0.39, 0.29) is 23.6 Å². The molecule has 0 saturated carbocycles. The Morgan fingerprint density at radius 1 is 1.47 bits per heavy atom. The zero-order valence-corrected chi connectivity index (χ0v) is 11.6. The number of nitrogens with zero attached hydrogens (tertiary/aromatic N) is 4. The van der Waals surface area contributed by atoms with Gasteiger partial charge >= 0.3 is 5.97 Å². The lowest BCUT2D eigenvalue weighted by Gasteiger charge is -2.15. The summed E-state index contributed by atoms with van der Waals surface area (Å²) in [6.07, 6.45) is 0.680. The molecule has 0 N–H and O–H groups in total. The highest BCUT2D eigenvalue weighted by Gasteiger charge is 2.35. The van der Waals surface area contributed by atoms with Crippen molar-refractivity contribution in [2.45, 2.75) is 32.2 Å². The van der Waals surface area contributed by atoms with Gasteiger partial charge in [-0.2, -0.15) is 0 Å². The van der Waals surface area contributed by atoms with Gasteiger partial charge in [0.15, 0.2) is 5.69 Å². The number of methoxy groups -OCH3 is 1. The number of esters is 1. The van der Waals surface area contributed by atoms with E-state index in [1.54, 1.807) is 16.6 Å². The first kappa shape index (κ1) is 13.5. The van der Waals surface area contributed by atoms with Crippen molar-refractivity contribution < 1.29 is 14.3 Å². The molecule has 1 saturated heterocycles. The Kier molecular flexibility index (Phi) is 3.55. The van der Waals surface area contributed by atoms with E-state index in [0.29, 0.717) is 18.7 Å². The smallest absolute Gasteiger partial charge is 0.360 e. The Labute approximate surface area is 111 Å². The molecular formula is C12H18N4O3. The number of ether oxygens (including phenoxy) is 1. The summed E-state index contributed by atoms with van der Waals surface area (Å²) in [6, 6.07) is -0.367. The van der Waals surface area contributed by atoms with Crippen LogP contribution in [0.1, 0.15) is 48.4 Å². The highest BCUT2D eigenvalue weighted by atomic mass is 16.5. The fourth-order valence-electron chi connectivity index (χ4n) is 2.34. The predicted molar refractivity (Wildman–Crippen MR) is 66.7 cm³/mol. The maximum absolute atomic E-state index is 12.1. The molecule has 1 aromatic rings. The molecule has 1 fully saturated rings. The zero-order chi connectivity index (χ0) is 14.2. The number of amides is 1. The van der Waals surface area contributed by atoms with Crippen molar-refractivity contribution in [1.29, 1.82) is 0 Å². The molecule has 0 aromatic carbocycles. The van der Waals surface area contributed by atoms with Crippen molar-refractivity contribution in [2.75, 3.05) is 20.7 Å². The number of likely N-dealkylation sites (N-methyl/N-ethyl adjacent to an activating group) is 1. The van der Waals surface area contributed by atoms with E-state index in [1.165, 1.54) is 7.11 Å². The maximum atomic E-state index is 12.1. The van der Waals surface area contributed by atoms with Crippen LogP contribution in [0, 0.1) is 0 Å². The van der Waals surface area contributed by atoms with Crippen LogP contribution in [0.25, 0.3) is 0 Å². The second kappa shape index (κ2) is 4.99. The van der Waals surface area contributed by atoms with Gasteiger partial charge in [-0.05, 0) is 12.3 Å². The molecule has 104 valence electrons. The molecule has 2 rings (SSSR count). The van der Waals surface area contributed by atoms with Gasteiger partial charge in [0, 0.05) is 13.6 Å². The van der Waals surface area contributed by atoms with Gasteiger partial charge in [0.25, 0.3) is 0 Å². The quantitative estimate of drug-likeness (QED) is 0.748. The first-order valence-corrected chi connectivity index (χ1v) is 6.25. The fraction of sp³-hybridized carbons (Fsp3) is 0.667. The van der Waals surface area contributed by atoms with E-state index in [2.05, 4.69) is 10.3 Å². The van der Waals surface area contributed by atoms with Crippen LogP contribution in [0.15, 0.2) is 0 Å². The first-order valence-electron chi connectivity index (χ1n) is 6.25. The molecule has 0 bridgehead atoms. The molecule has 7 heteroatoms. The van der Waals surface area contributed by atoms with E-state index in [4.69, 9.17) is 4.74 Å². The largest absolute Gasteiger partial charge is 0.464 e. The third-order valence-corrected chi connectivity index (χ3v) is 3.35. The van der Waals surface area contributed by atoms with Crippen LogP contribution in [-0.4, -0.2) is 52.5 Å². The summed E-state index contributed by atoms with van der Waals surface area (Å²) < 4.78 is 6.27. The van der Waals surface area contributed by atoms with Crippen LogP contribution in [0.5, 0.6) is 0 Å². The molecule has 0 radical (unpaired) electrons. The van der Waals surface area contributed by atoms with E-state index in [0.717, 1.165) is 0 Å². The highest BCUT2D eigenvalue weighted by molar-refractivity contribution is 5.89. The van der Waals surface area contributed by atoms with Crippen LogP contribution < -0.4 is 0 Å². The van der Waals surface area contributed by atoms with Gasteiger partial charge < -0.3 is 9.64 Å². The van der Waals surface area contributed by atoms with E-state index in [9.17, 15) is 9.59 Å². The minimum absolute atomic E-state index is 0.00298. The number of rotatable bonds is 3. The minimum Gasteiger partial charge on any atom is -0.464 e. The van der Waals surface area contributed by atoms with E-state index < -0.39 is 5.97 Å². The molecule has 0 spiro atoms. The Hall–Kier alpha value is -1.92. The number of carbonyl (C=O) groups is 2. The van der Waals surface area contributed by atoms with Crippen LogP contribution >= 0.6 is 0 Å². The Morgan fingerprint density at radius 3 is 2.63 bits per heavy atom. The lowest BCUT2D eigenvalue weighted by Crippen LogP contribution is -2.26. The van der Waals surface area contributed by atoms with Crippen LogP contribution in [0.2, 0.25) is 0 Å². The lowest BCUT2D eigenvalue weighted by molar-refractivity contribution is -0.129. The number of likely N-dealkylation sites (tertiary alicyclic amines) is 1. The van der Waals surface area contributed by atoms with Crippen LogP contribution in [0.3, 0.4) is 0 Å². The van der Waals surface area contributed by atoms with Gasteiger partial charge in [-0.3, -0.25) is 4.79 Å². The van der Waals surface area contributed by atoms with Gasteiger partial charge in [-0.1, -0.05) is 19.1 Å². The monoisotopic (exact) mass is 266 g/mol. The molecule has 0 aliphatic carbocycles. The molecule has 1 amide bonds. The topological polar surface area (TPSA) is 77.3 Å². The Bertz CT molecular complexity index is 509. The second-order valence-corrected chi connectivity index (χ2v) is 4.98. The minimum atomic E-state index is -0.520. The molecule has 7 nitrogen and oxygen atoms in total. The summed E-state index contributed by atoms with van der Waals surface area (Å²) >= 11 is 0. The zero-order valence-electron chi connectivity index (χ0n) is 11.6. The fourth-order valence-corrected chi connectivity index (χ4v) is 2.34. The Morgan fingerprint density at radius 2 is 2.16 bits per heavy atom. The molecule has 1 unspecified atom stereocenters. The average molecular weight is 266 g/mol. The molecule has 19 heavy (non-hydrogen) atoms. The molecule has 1 aliphatic rings. The Balaban J connectivity index is 2.44. The van der Waals surface area contributed by atoms with Crippen molar-refractivity contribution in [3.8, 4) is 0 Å². The van der Waals surface area contributed by atoms with Crippen molar-refractivity contribution >= 4 is 11.9 Å². The van der Waals surface area contributed by atoms with E-state index in [1.807, 2.05) is 13.8 Å². The number of aromatic nitrogens is 3. The van der Waals surface area contributed by atoms with Gasteiger partial charge in [0.05, 0.1) is 12.8 Å². The normalized spacial score (nSPS) is 19.3. The maximum Gasteiger partial charge on any atom is 0.360 e. The average Bonchev–Trinajstić information content (AvgIpc) is 2.94. The predicted octanol–water partition coefficient (Wildman–Crippen LogP) is 0.591. The van der Waals surface area contributed by atoms with E-state index >= 15 is 0 Å². The summed E-state index contributed by atoms with van der Waals surface area (Å²) in [5, 5.41) is 7.87. The van der Waals surface area contributed by atoms with Crippen molar-refractivity contribution in [1.82, 2.24) is 19.9 Å². The molecule has 1 atom stereocenters. The van der Waals surface area contributed by atoms with Gasteiger partial charge in [-0.25, -0.2) is 9.48 Å².